The van der Waals surface area contributed by atoms with Crippen molar-refractivity contribution in [3.63, 3.8) is 0 Å². The summed E-state index contributed by atoms with van der Waals surface area (Å²) in [7, 11) is 0. The Bertz CT molecular complexity index is 528. The van der Waals surface area contributed by atoms with Crippen LogP contribution in [0.2, 0.25) is 0 Å². The van der Waals surface area contributed by atoms with Gasteiger partial charge in [-0.05, 0) is 36.0 Å². The molecule has 3 rings (SSSR count). The van der Waals surface area contributed by atoms with Gasteiger partial charge in [0.15, 0.2) is 0 Å². The molecule has 0 bridgehead atoms. The largest absolute Gasteiger partial charge is 0.494 e. The molecular weight excluding hydrogens is 264 g/mol. The van der Waals surface area contributed by atoms with Crippen LogP contribution >= 0.6 is 0 Å². The first-order valence-electron chi connectivity index (χ1n) is 7.91. The molecule has 0 aliphatic carbocycles. The Morgan fingerprint density at radius 3 is 2.95 bits per heavy atom. The van der Waals surface area contributed by atoms with Gasteiger partial charge in [-0.25, -0.2) is 0 Å². The Morgan fingerprint density at radius 2 is 2.14 bits per heavy atom. The molecule has 2 aliphatic heterocycles. The van der Waals surface area contributed by atoms with E-state index in [1.165, 1.54) is 0 Å². The number of hydrogen-bond acceptors (Lipinski definition) is 3. The molecule has 0 spiro atoms. The van der Waals surface area contributed by atoms with E-state index in [1.807, 2.05) is 12.1 Å². The van der Waals surface area contributed by atoms with E-state index in [-0.39, 0.29) is 5.91 Å². The Labute approximate surface area is 126 Å². The molecule has 2 aliphatic rings. The molecule has 0 radical (unpaired) electrons. The second-order valence-corrected chi connectivity index (χ2v) is 6.51. The topological polar surface area (TPSA) is 50.4 Å². The number of nitrogens with one attached hydrogen (secondary N) is 2. The maximum absolute atomic E-state index is 12.3. The SMILES string of the molecule is CC(C)CCOc1ccc2c(c1)C(=O)NC[C@@H]1CNCC21. The minimum absolute atomic E-state index is 0.0358. The Hall–Kier alpha value is -1.55. The lowest BCUT2D eigenvalue weighted by Gasteiger charge is -2.17. The number of ether oxygens (including phenoxy) is 1. The molecule has 114 valence electrons. The zero-order chi connectivity index (χ0) is 14.8. The molecule has 21 heavy (non-hydrogen) atoms. The van der Waals surface area contributed by atoms with E-state index < -0.39 is 0 Å². The summed E-state index contributed by atoms with van der Waals surface area (Å²) in [5, 5.41) is 6.47. The zero-order valence-corrected chi connectivity index (χ0v) is 12.8. The lowest BCUT2D eigenvalue weighted by molar-refractivity contribution is 0.0952. The van der Waals surface area contributed by atoms with Gasteiger partial charge in [0.25, 0.3) is 5.91 Å². The summed E-state index contributed by atoms with van der Waals surface area (Å²) in [4.78, 5) is 12.3. The highest BCUT2D eigenvalue weighted by Gasteiger charge is 2.34. The fraction of sp³-hybridized carbons (Fsp3) is 0.588. The van der Waals surface area contributed by atoms with E-state index >= 15 is 0 Å². The molecule has 0 aromatic heterocycles. The summed E-state index contributed by atoms with van der Waals surface area (Å²) in [6.07, 6.45) is 1.03. The Kier molecular flexibility index (Phi) is 4.15. The van der Waals surface area contributed by atoms with Crippen molar-refractivity contribution in [1.29, 1.82) is 0 Å². The van der Waals surface area contributed by atoms with Crippen LogP contribution in [0.1, 0.15) is 42.1 Å². The summed E-state index contributed by atoms with van der Waals surface area (Å²) in [5.74, 6) is 2.40. The fourth-order valence-corrected chi connectivity index (χ4v) is 3.19. The number of amides is 1. The molecule has 1 aromatic carbocycles. The third-order valence-electron chi connectivity index (χ3n) is 4.50. The van der Waals surface area contributed by atoms with Crippen molar-refractivity contribution in [2.45, 2.75) is 26.2 Å². The van der Waals surface area contributed by atoms with Crippen LogP contribution in [0.3, 0.4) is 0 Å². The Morgan fingerprint density at radius 1 is 1.29 bits per heavy atom. The van der Waals surface area contributed by atoms with Gasteiger partial charge < -0.3 is 15.4 Å². The first kappa shape index (κ1) is 14.4. The number of fused-ring (bicyclic) bond motifs is 3. The lowest BCUT2D eigenvalue weighted by atomic mass is 9.87. The van der Waals surface area contributed by atoms with Gasteiger partial charge in [-0.3, -0.25) is 4.79 Å². The molecule has 1 amide bonds. The predicted octanol–water partition coefficient (Wildman–Crippen LogP) is 2.16. The van der Waals surface area contributed by atoms with Gasteiger partial charge >= 0.3 is 0 Å². The van der Waals surface area contributed by atoms with Crippen molar-refractivity contribution < 1.29 is 9.53 Å². The van der Waals surface area contributed by atoms with Crippen LogP contribution in [0.25, 0.3) is 0 Å². The second kappa shape index (κ2) is 6.06. The van der Waals surface area contributed by atoms with E-state index in [4.69, 9.17) is 4.74 Å². The summed E-state index contributed by atoms with van der Waals surface area (Å²) >= 11 is 0. The van der Waals surface area contributed by atoms with E-state index in [2.05, 4.69) is 30.5 Å². The molecule has 1 fully saturated rings. The van der Waals surface area contributed by atoms with Crippen molar-refractivity contribution in [1.82, 2.24) is 10.6 Å². The van der Waals surface area contributed by atoms with Crippen LogP contribution in [0.4, 0.5) is 0 Å². The highest BCUT2D eigenvalue weighted by Crippen LogP contribution is 2.34. The molecular formula is C17H24N2O2. The van der Waals surface area contributed by atoms with Gasteiger partial charge in [0, 0.05) is 31.1 Å². The van der Waals surface area contributed by atoms with Gasteiger partial charge in [0.2, 0.25) is 0 Å². The maximum atomic E-state index is 12.3. The van der Waals surface area contributed by atoms with Crippen molar-refractivity contribution >= 4 is 5.91 Å². The van der Waals surface area contributed by atoms with Crippen LogP contribution in [0.15, 0.2) is 18.2 Å². The molecule has 4 heteroatoms. The zero-order valence-electron chi connectivity index (χ0n) is 12.8. The van der Waals surface area contributed by atoms with Crippen molar-refractivity contribution in [3.05, 3.63) is 29.3 Å². The molecule has 4 nitrogen and oxygen atoms in total. The molecule has 1 aromatic rings. The first-order valence-corrected chi connectivity index (χ1v) is 7.91. The Balaban J connectivity index is 1.81. The number of carbonyl (C=O) groups is 1. The summed E-state index contributed by atoms with van der Waals surface area (Å²) in [6, 6.07) is 5.99. The van der Waals surface area contributed by atoms with Crippen LogP contribution in [0.5, 0.6) is 5.75 Å². The summed E-state index contributed by atoms with van der Waals surface area (Å²) in [5.41, 5.74) is 1.95. The molecule has 2 N–H and O–H groups in total. The number of rotatable bonds is 4. The third kappa shape index (κ3) is 3.05. The molecule has 2 heterocycles. The van der Waals surface area contributed by atoms with E-state index in [0.717, 1.165) is 42.9 Å². The fourth-order valence-electron chi connectivity index (χ4n) is 3.19. The molecule has 1 unspecified atom stereocenters. The number of hydrogen-bond donors (Lipinski definition) is 2. The van der Waals surface area contributed by atoms with Crippen molar-refractivity contribution in [2.75, 3.05) is 26.2 Å². The first-order chi connectivity index (χ1) is 10.1. The summed E-state index contributed by atoms with van der Waals surface area (Å²) < 4.78 is 5.79. The van der Waals surface area contributed by atoms with Crippen molar-refractivity contribution in [2.24, 2.45) is 11.8 Å². The summed E-state index contributed by atoms with van der Waals surface area (Å²) in [6.45, 7) is 7.76. The van der Waals surface area contributed by atoms with Crippen molar-refractivity contribution in [3.8, 4) is 5.75 Å². The average molecular weight is 288 g/mol. The van der Waals surface area contributed by atoms with Crippen LogP contribution in [-0.4, -0.2) is 32.1 Å². The quantitative estimate of drug-likeness (QED) is 0.892. The minimum atomic E-state index is 0.0358. The van der Waals surface area contributed by atoms with E-state index in [0.29, 0.717) is 24.4 Å². The minimum Gasteiger partial charge on any atom is -0.494 e. The third-order valence-corrected chi connectivity index (χ3v) is 4.50. The standard InChI is InChI=1S/C17H24N2O2/c1-11(2)5-6-21-13-3-4-14-15(7-13)17(20)19-9-12-8-18-10-16(12)14/h3-4,7,11-12,16,18H,5-6,8-10H2,1-2H3,(H,19,20)/t12-,16?/m0/s1. The van der Waals surface area contributed by atoms with E-state index in [9.17, 15) is 4.79 Å². The van der Waals surface area contributed by atoms with Gasteiger partial charge in [-0.15, -0.1) is 0 Å². The number of benzene rings is 1. The van der Waals surface area contributed by atoms with Gasteiger partial charge in [-0.2, -0.15) is 0 Å². The lowest BCUT2D eigenvalue weighted by Crippen LogP contribution is -2.28. The second-order valence-electron chi connectivity index (χ2n) is 6.51. The normalized spacial score (nSPS) is 24.2. The number of carbonyl (C=O) groups excluding carboxylic acids is 1. The average Bonchev–Trinajstić information content (AvgIpc) is 2.88. The van der Waals surface area contributed by atoms with Crippen LogP contribution in [0, 0.1) is 11.8 Å². The molecule has 1 saturated heterocycles. The highest BCUT2D eigenvalue weighted by molar-refractivity contribution is 5.96. The predicted molar refractivity (Wildman–Crippen MR) is 82.8 cm³/mol. The smallest absolute Gasteiger partial charge is 0.251 e. The van der Waals surface area contributed by atoms with Gasteiger partial charge in [-0.1, -0.05) is 19.9 Å². The van der Waals surface area contributed by atoms with Gasteiger partial charge in [0.1, 0.15) is 5.75 Å². The van der Waals surface area contributed by atoms with E-state index in [1.54, 1.807) is 0 Å². The van der Waals surface area contributed by atoms with Gasteiger partial charge in [0.05, 0.1) is 6.61 Å². The monoisotopic (exact) mass is 288 g/mol. The maximum Gasteiger partial charge on any atom is 0.251 e. The van der Waals surface area contributed by atoms with Crippen LogP contribution < -0.4 is 15.4 Å². The highest BCUT2D eigenvalue weighted by atomic mass is 16.5. The van der Waals surface area contributed by atoms with Crippen LogP contribution in [-0.2, 0) is 0 Å². The molecule has 2 atom stereocenters. The molecule has 0 saturated carbocycles.